The van der Waals surface area contributed by atoms with E-state index in [-0.39, 0.29) is 0 Å². The minimum atomic E-state index is 0.682. The van der Waals surface area contributed by atoms with Gasteiger partial charge in [0.05, 0.1) is 0 Å². The minimum absolute atomic E-state index is 0.682. The first-order valence-corrected chi connectivity index (χ1v) is 6.88. The van der Waals surface area contributed by atoms with E-state index in [9.17, 15) is 0 Å². The van der Waals surface area contributed by atoms with Crippen LogP contribution in [-0.2, 0) is 0 Å². The van der Waals surface area contributed by atoms with Gasteiger partial charge in [0.25, 0.3) is 0 Å². The molecule has 0 bridgehead atoms. The number of anilines is 1. The molecule has 1 aromatic carbocycles. The quantitative estimate of drug-likeness (QED) is 0.854. The molecule has 0 unspecified atom stereocenters. The van der Waals surface area contributed by atoms with Gasteiger partial charge in [0.1, 0.15) is 0 Å². The van der Waals surface area contributed by atoms with Crippen molar-refractivity contribution in [3.63, 3.8) is 0 Å². The standard InChI is InChI=1S/C14H20BrN/c1-9(2)11-6-13(7-11)16-12-5-4-10(3)14(15)8-12/h4-5,8-9,11,13,16H,6-7H2,1-3H3. The summed E-state index contributed by atoms with van der Waals surface area (Å²) in [4.78, 5) is 0. The Labute approximate surface area is 107 Å². The van der Waals surface area contributed by atoms with Crippen LogP contribution in [0, 0.1) is 18.8 Å². The Balaban J connectivity index is 1.89. The van der Waals surface area contributed by atoms with Gasteiger partial charge >= 0.3 is 0 Å². The maximum atomic E-state index is 3.60. The summed E-state index contributed by atoms with van der Waals surface area (Å²) in [6, 6.07) is 7.19. The Bertz CT molecular complexity index is 367. The van der Waals surface area contributed by atoms with Crippen molar-refractivity contribution in [1.82, 2.24) is 0 Å². The Morgan fingerprint density at radius 1 is 1.31 bits per heavy atom. The lowest BCUT2D eigenvalue weighted by atomic mass is 9.73. The molecule has 0 saturated heterocycles. The van der Waals surface area contributed by atoms with Crippen LogP contribution in [-0.4, -0.2) is 6.04 Å². The minimum Gasteiger partial charge on any atom is -0.382 e. The Morgan fingerprint density at radius 2 is 2.00 bits per heavy atom. The van der Waals surface area contributed by atoms with Crippen molar-refractivity contribution in [2.24, 2.45) is 11.8 Å². The van der Waals surface area contributed by atoms with Gasteiger partial charge < -0.3 is 5.32 Å². The molecule has 0 heterocycles. The zero-order valence-electron chi connectivity index (χ0n) is 10.3. The fourth-order valence-electron chi connectivity index (χ4n) is 2.24. The number of hydrogen-bond acceptors (Lipinski definition) is 1. The molecular weight excluding hydrogens is 262 g/mol. The molecule has 2 rings (SSSR count). The number of nitrogens with one attached hydrogen (secondary N) is 1. The molecule has 16 heavy (non-hydrogen) atoms. The summed E-state index contributed by atoms with van der Waals surface area (Å²) in [6.45, 7) is 6.76. The SMILES string of the molecule is Cc1ccc(NC2CC(C(C)C)C2)cc1Br. The fraction of sp³-hybridized carbons (Fsp3) is 0.571. The molecule has 0 aliphatic heterocycles. The maximum absolute atomic E-state index is 3.60. The van der Waals surface area contributed by atoms with Crippen LogP contribution in [0.5, 0.6) is 0 Å². The van der Waals surface area contributed by atoms with Crippen molar-refractivity contribution in [3.8, 4) is 0 Å². The molecule has 2 heteroatoms. The molecule has 1 aromatic rings. The topological polar surface area (TPSA) is 12.0 Å². The average Bonchev–Trinajstić information content (AvgIpc) is 2.15. The lowest BCUT2D eigenvalue weighted by Gasteiger charge is -2.39. The summed E-state index contributed by atoms with van der Waals surface area (Å²) < 4.78 is 1.19. The first-order chi connectivity index (χ1) is 7.56. The Morgan fingerprint density at radius 3 is 2.56 bits per heavy atom. The van der Waals surface area contributed by atoms with E-state index >= 15 is 0 Å². The van der Waals surface area contributed by atoms with Gasteiger partial charge in [-0.05, 0) is 49.3 Å². The summed E-state index contributed by atoms with van der Waals surface area (Å²) >= 11 is 3.57. The maximum Gasteiger partial charge on any atom is 0.0353 e. The van der Waals surface area contributed by atoms with Crippen molar-refractivity contribution in [2.75, 3.05) is 5.32 Å². The molecule has 1 saturated carbocycles. The van der Waals surface area contributed by atoms with Gasteiger partial charge in [-0.2, -0.15) is 0 Å². The van der Waals surface area contributed by atoms with E-state index in [1.165, 1.54) is 28.6 Å². The van der Waals surface area contributed by atoms with Gasteiger partial charge in [-0.3, -0.25) is 0 Å². The van der Waals surface area contributed by atoms with E-state index < -0.39 is 0 Å². The van der Waals surface area contributed by atoms with Gasteiger partial charge in [0.2, 0.25) is 0 Å². The van der Waals surface area contributed by atoms with Crippen LogP contribution < -0.4 is 5.32 Å². The highest BCUT2D eigenvalue weighted by Gasteiger charge is 2.30. The smallest absolute Gasteiger partial charge is 0.0353 e. The molecule has 1 aliphatic carbocycles. The van der Waals surface area contributed by atoms with Crippen LogP contribution in [0.3, 0.4) is 0 Å². The monoisotopic (exact) mass is 281 g/mol. The third kappa shape index (κ3) is 2.60. The highest BCUT2D eigenvalue weighted by atomic mass is 79.9. The van der Waals surface area contributed by atoms with Crippen LogP contribution >= 0.6 is 15.9 Å². The number of benzene rings is 1. The van der Waals surface area contributed by atoms with E-state index in [4.69, 9.17) is 0 Å². The van der Waals surface area contributed by atoms with Crippen molar-refractivity contribution in [2.45, 2.75) is 39.7 Å². The van der Waals surface area contributed by atoms with E-state index in [1.807, 2.05) is 0 Å². The zero-order chi connectivity index (χ0) is 11.7. The van der Waals surface area contributed by atoms with E-state index in [0.29, 0.717) is 6.04 Å². The summed E-state index contributed by atoms with van der Waals surface area (Å²) in [7, 11) is 0. The molecule has 1 nitrogen and oxygen atoms in total. The molecular formula is C14H20BrN. The lowest BCUT2D eigenvalue weighted by Crippen LogP contribution is -2.37. The first kappa shape index (κ1) is 12.0. The Hall–Kier alpha value is -0.500. The molecule has 0 atom stereocenters. The van der Waals surface area contributed by atoms with Gasteiger partial charge in [-0.1, -0.05) is 35.8 Å². The second kappa shape index (κ2) is 4.79. The van der Waals surface area contributed by atoms with Crippen LogP contribution in [0.15, 0.2) is 22.7 Å². The third-order valence-electron chi connectivity index (χ3n) is 3.66. The summed E-state index contributed by atoms with van der Waals surface area (Å²) in [5.74, 6) is 1.76. The van der Waals surface area contributed by atoms with Crippen LogP contribution in [0.2, 0.25) is 0 Å². The molecule has 0 aromatic heterocycles. The van der Waals surface area contributed by atoms with E-state index in [1.54, 1.807) is 0 Å². The largest absolute Gasteiger partial charge is 0.382 e. The van der Waals surface area contributed by atoms with Gasteiger partial charge in [0.15, 0.2) is 0 Å². The van der Waals surface area contributed by atoms with Crippen molar-refractivity contribution in [1.29, 1.82) is 0 Å². The predicted molar refractivity (Wildman–Crippen MR) is 73.9 cm³/mol. The molecule has 1 fully saturated rings. The number of rotatable bonds is 3. The number of halogens is 1. The second-order valence-corrected chi connectivity index (χ2v) is 6.14. The number of hydrogen-bond donors (Lipinski definition) is 1. The average molecular weight is 282 g/mol. The third-order valence-corrected chi connectivity index (χ3v) is 4.51. The Kier molecular flexibility index (Phi) is 3.58. The highest BCUT2D eigenvalue weighted by molar-refractivity contribution is 9.10. The number of aryl methyl sites for hydroxylation is 1. The molecule has 1 aliphatic rings. The normalized spacial score (nSPS) is 24.3. The molecule has 0 radical (unpaired) electrons. The van der Waals surface area contributed by atoms with Crippen molar-refractivity contribution >= 4 is 21.6 Å². The van der Waals surface area contributed by atoms with Crippen LogP contribution in [0.25, 0.3) is 0 Å². The van der Waals surface area contributed by atoms with Gasteiger partial charge in [0, 0.05) is 16.2 Å². The first-order valence-electron chi connectivity index (χ1n) is 6.09. The van der Waals surface area contributed by atoms with Gasteiger partial charge in [-0.15, -0.1) is 0 Å². The summed E-state index contributed by atoms with van der Waals surface area (Å²) in [6.07, 6.45) is 2.65. The molecule has 0 spiro atoms. The second-order valence-electron chi connectivity index (χ2n) is 5.28. The van der Waals surface area contributed by atoms with E-state index in [0.717, 1.165) is 11.8 Å². The van der Waals surface area contributed by atoms with Crippen LogP contribution in [0.4, 0.5) is 5.69 Å². The zero-order valence-corrected chi connectivity index (χ0v) is 11.8. The van der Waals surface area contributed by atoms with Crippen molar-refractivity contribution < 1.29 is 0 Å². The lowest BCUT2D eigenvalue weighted by molar-refractivity contribution is 0.212. The molecule has 88 valence electrons. The highest BCUT2D eigenvalue weighted by Crippen LogP contribution is 2.35. The van der Waals surface area contributed by atoms with Crippen LogP contribution in [0.1, 0.15) is 32.3 Å². The van der Waals surface area contributed by atoms with E-state index in [2.05, 4.69) is 60.2 Å². The molecule has 0 amide bonds. The summed E-state index contributed by atoms with van der Waals surface area (Å²) in [5.41, 5.74) is 2.53. The summed E-state index contributed by atoms with van der Waals surface area (Å²) in [5, 5.41) is 3.60. The predicted octanol–water partition coefficient (Wildman–Crippen LogP) is 4.60. The fourth-order valence-corrected chi connectivity index (χ4v) is 2.62. The van der Waals surface area contributed by atoms with Gasteiger partial charge in [-0.25, -0.2) is 0 Å². The molecule has 1 N–H and O–H groups in total. The van der Waals surface area contributed by atoms with Crippen molar-refractivity contribution in [3.05, 3.63) is 28.2 Å².